The predicted octanol–water partition coefficient (Wildman–Crippen LogP) is 1.92. The van der Waals surface area contributed by atoms with Crippen LogP contribution in [0.4, 0.5) is 13.2 Å². The molecule has 1 aliphatic rings. The molecule has 7 heteroatoms. The molecule has 0 aromatic heterocycles. The van der Waals surface area contributed by atoms with Crippen molar-refractivity contribution in [1.82, 2.24) is 0 Å². The quantitative estimate of drug-likeness (QED) is 0.854. The van der Waals surface area contributed by atoms with Crippen LogP contribution < -0.4 is 5.73 Å². The van der Waals surface area contributed by atoms with Gasteiger partial charge in [0.25, 0.3) is 0 Å². The minimum atomic E-state index is -4.57. The summed E-state index contributed by atoms with van der Waals surface area (Å²) in [7, 11) is -3.66. The first kappa shape index (κ1) is 13.4. The lowest BCUT2D eigenvalue weighted by atomic mass is 9.91. The Kier molecular flexibility index (Phi) is 2.94. The molecule has 1 aromatic carbocycles. The summed E-state index contributed by atoms with van der Waals surface area (Å²) in [5.41, 5.74) is 4.53. The lowest BCUT2D eigenvalue weighted by Gasteiger charge is -2.19. The average molecular weight is 279 g/mol. The lowest BCUT2D eigenvalue weighted by Crippen LogP contribution is -2.27. The van der Waals surface area contributed by atoms with Crippen LogP contribution in [0, 0.1) is 0 Å². The topological polar surface area (TPSA) is 60.2 Å². The van der Waals surface area contributed by atoms with Gasteiger partial charge in [-0.25, -0.2) is 8.42 Å². The zero-order chi connectivity index (χ0) is 13.7. The largest absolute Gasteiger partial charge is 0.416 e. The van der Waals surface area contributed by atoms with E-state index < -0.39 is 33.5 Å². The van der Waals surface area contributed by atoms with Gasteiger partial charge in [-0.2, -0.15) is 13.2 Å². The van der Waals surface area contributed by atoms with Gasteiger partial charge in [0.05, 0.1) is 16.2 Å². The molecule has 18 heavy (non-hydrogen) atoms. The van der Waals surface area contributed by atoms with Gasteiger partial charge >= 0.3 is 6.18 Å². The highest BCUT2D eigenvalue weighted by Gasteiger charge is 2.44. The van der Waals surface area contributed by atoms with Crippen LogP contribution in [0.25, 0.3) is 0 Å². The molecular formula is C11H12F3NO2S. The van der Waals surface area contributed by atoms with E-state index in [1.54, 1.807) is 0 Å². The van der Waals surface area contributed by atoms with E-state index in [1.165, 1.54) is 13.0 Å². The van der Waals surface area contributed by atoms with Crippen molar-refractivity contribution >= 4 is 9.84 Å². The van der Waals surface area contributed by atoms with E-state index in [0.29, 0.717) is 0 Å². The number of benzene rings is 1. The van der Waals surface area contributed by atoms with Crippen molar-refractivity contribution in [2.24, 2.45) is 5.73 Å². The van der Waals surface area contributed by atoms with Crippen molar-refractivity contribution in [3.8, 4) is 0 Å². The second kappa shape index (κ2) is 3.96. The molecule has 0 amide bonds. The van der Waals surface area contributed by atoms with Gasteiger partial charge in [0.15, 0.2) is 9.84 Å². The fourth-order valence-corrected chi connectivity index (χ4v) is 4.27. The van der Waals surface area contributed by atoms with E-state index in [0.717, 1.165) is 12.1 Å². The van der Waals surface area contributed by atoms with E-state index in [2.05, 4.69) is 0 Å². The van der Waals surface area contributed by atoms with Crippen LogP contribution in [0.3, 0.4) is 0 Å². The standard InChI is InChI=1S/C11H12F3NO2S/c1-6(15)7-5-18(16,17)9-4-2-3-8(10(7)9)11(12,13)14/h2-4,6-7H,5,15H2,1H3. The van der Waals surface area contributed by atoms with Crippen LogP contribution in [0.5, 0.6) is 0 Å². The van der Waals surface area contributed by atoms with Crippen molar-refractivity contribution in [2.75, 3.05) is 5.75 Å². The lowest BCUT2D eigenvalue weighted by molar-refractivity contribution is -0.138. The van der Waals surface area contributed by atoms with Gasteiger partial charge in [0.1, 0.15) is 0 Å². The van der Waals surface area contributed by atoms with Gasteiger partial charge in [-0.05, 0) is 24.6 Å². The monoisotopic (exact) mass is 279 g/mol. The summed E-state index contributed by atoms with van der Waals surface area (Å²) in [5.74, 6) is -1.16. The highest BCUT2D eigenvalue weighted by atomic mass is 32.2. The summed E-state index contributed by atoms with van der Waals surface area (Å²) in [6, 6.07) is 2.57. The molecular weight excluding hydrogens is 267 g/mol. The molecule has 2 N–H and O–H groups in total. The maximum absolute atomic E-state index is 12.9. The molecule has 0 saturated carbocycles. The first-order valence-electron chi connectivity index (χ1n) is 5.33. The fraction of sp³-hybridized carbons (Fsp3) is 0.455. The molecule has 0 saturated heterocycles. The molecule has 2 rings (SSSR count). The molecule has 1 aliphatic heterocycles. The van der Waals surface area contributed by atoms with Gasteiger partial charge in [0.2, 0.25) is 0 Å². The third-order valence-corrected chi connectivity index (χ3v) is 4.94. The Balaban J connectivity index is 2.75. The molecule has 2 unspecified atom stereocenters. The van der Waals surface area contributed by atoms with Gasteiger partial charge in [-0.1, -0.05) is 6.07 Å². The molecule has 0 radical (unpaired) electrons. The zero-order valence-electron chi connectivity index (χ0n) is 9.53. The van der Waals surface area contributed by atoms with E-state index in [1.807, 2.05) is 0 Å². The van der Waals surface area contributed by atoms with Crippen LogP contribution >= 0.6 is 0 Å². The number of hydrogen-bond donors (Lipinski definition) is 1. The molecule has 0 aliphatic carbocycles. The van der Waals surface area contributed by atoms with Gasteiger partial charge in [0, 0.05) is 12.0 Å². The Bertz CT molecular complexity index is 578. The average Bonchev–Trinajstić information content (AvgIpc) is 2.50. The number of hydrogen-bond acceptors (Lipinski definition) is 3. The van der Waals surface area contributed by atoms with Crippen molar-refractivity contribution in [1.29, 1.82) is 0 Å². The number of fused-ring (bicyclic) bond motifs is 1. The highest BCUT2D eigenvalue weighted by Crippen LogP contribution is 2.44. The van der Waals surface area contributed by atoms with Gasteiger partial charge < -0.3 is 5.73 Å². The van der Waals surface area contributed by atoms with Crippen LogP contribution in [-0.4, -0.2) is 20.2 Å². The number of halogens is 3. The zero-order valence-corrected chi connectivity index (χ0v) is 10.3. The summed E-state index contributed by atoms with van der Waals surface area (Å²) in [6.07, 6.45) is -4.57. The fourth-order valence-electron chi connectivity index (χ4n) is 2.27. The molecule has 100 valence electrons. The molecule has 3 nitrogen and oxygen atoms in total. The summed E-state index contributed by atoms with van der Waals surface area (Å²) in [5, 5.41) is 0. The first-order valence-corrected chi connectivity index (χ1v) is 6.98. The molecule has 0 fully saturated rings. The SMILES string of the molecule is CC(N)C1CS(=O)(=O)c2cccc(C(F)(F)F)c21. The van der Waals surface area contributed by atoms with Crippen LogP contribution in [0.15, 0.2) is 23.1 Å². The highest BCUT2D eigenvalue weighted by molar-refractivity contribution is 7.91. The predicted molar refractivity (Wildman–Crippen MR) is 59.9 cm³/mol. The molecule has 1 heterocycles. The van der Waals surface area contributed by atoms with Crippen molar-refractivity contribution < 1.29 is 21.6 Å². The number of rotatable bonds is 1. The summed E-state index contributed by atoms with van der Waals surface area (Å²) < 4.78 is 62.3. The summed E-state index contributed by atoms with van der Waals surface area (Å²) >= 11 is 0. The maximum atomic E-state index is 12.9. The number of nitrogens with two attached hydrogens (primary N) is 1. The number of alkyl halides is 3. The van der Waals surface area contributed by atoms with E-state index >= 15 is 0 Å². The minimum Gasteiger partial charge on any atom is -0.327 e. The van der Waals surface area contributed by atoms with E-state index in [-0.39, 0.29) is 16.2 Å². The van der Waals surface area contributed by atoms with Crippen LogP contribution in [-0.2, 0) is 16.0 Å². The molecule has 0 spiro atoms. The Morgan fingerprint density at radius 3 is 2.50 bits per heavy atom. The summed E-state index contributed by atoms with van der Waals surface area (Å²) in [4.78, 5) is -0.236. The first-order chi connectivity index (χ1) is 8.14. The molecule has 0 bridgehead atoms. The Labute approximate surface area is 103 Å². The Morgan fingerprint density at radius 1 is 1.39 bits per heavy atom. The van der Waals surface area contributed by atoms with Gasteiger partial charge in [-0.15, -0.1) is 0 Å². The van der Waals surface area contributed by atoms with Crippen molar-refractivity contribution in [3.63, 3.8) is 0 Å². The maximum Gasteiger partial charge on any atom is 0.416 e. The minimum absolute atomic E-state index is 0.181. The third-order valence-electron chi connectivity index (χ3n) is 3.11. The van der Waals surface area contributed by atoms with Crippen molar-refractivity contribution in [3.05, 3.63) is 29.3 Å². The van der Waals surface area contributed by atoms with E-state index in [4.69, 9.17) is 5.73 Å². The normalized spacial score (nSPS) is 23.7. The molecule has 1 aromatic rings. The van der Waals surface area contributed by atoms with E-state index in [9.17, 15) is 21.6 Å². The third kappa shape index (κ3) is 2.01. The van der Waals surface area contributed by atoms with Crippen LogP contribution in [0.1, 0.15) is 24.0 Å². The Morgan fingerprint density at radius 2 is 2.00 bits per heavy atom. The second-order valence-corrected chi connectivity index (χ2v) is 6.46. The Hall–Kier alpha value is -1.08. The van der Waals surface area contributed by atoms with Crippen molar-refractivity contribution in [2.45, 2.75) is 30.0 Å². The smallest absolute Gasteiger partial charge is 0.327 e. The number of sulfone groups is 1. The van der Waals surface area contributed by atoms with Crippen LogP contribution in [0.2, 0.25) is 0 Å². The summed E-state index contributed by atoms with van der Waals surface area (Å²) in [6.45, 7) is 1.52. The van der Waals surface area contributed by atoms with Gasteiger partial charge in [-0.3, -0.25) is 0 Å². The second-order valence-electron chi connectivity index (χ2n) is 4.46. The molecule has 2 atom stereocenters.